The molecule has 3 rings (SSSR count). The first-order valence-corrected chi connectivity index (χ1v) is 6.62. The fraction of sp³-hybridized carbons (Fsp3) is 0.333. The summed E-state index contributed by atoms with van der Waals surface area (Å²) in [5.74, 6) is 0.104. The molecule has 1 aliphatic heterocycles. The average Bonchev–Trinajstić information content (AvgIpc) is 2.46. The number of piperazine rings is 1. The molecule has 19 heavy (non-hydrogen) atoms. The van der Waals surface area contributed by atoms with Crippen LogP contribution in [0.3, 0.4) is 0 Å². The highest BCUT2D eigenvalue weighted by atomic mass is 16.2. The number of nitrogens with one attached hydrogen (secondary N) is 1. The van der Waals surface area contributed by atoms with Crippen LogP contribution in [-0.2, 0) is 0 Å². The van der Waals surface area contributed by atoms with Crippen LogP contribution < -0.4 is 5.32 Å². The van der Waals surface area contributed by atoms with Gasteiger partial charge in [0.15, 0.2) is 0 Å². The molecule has 1 fully saturated rings. The van der Waals surface area contributed by atoms with E-state index in [1.54, 1.807) is 6.20 Å². The average molecular weight is 255 g/mol. The van der Waals surface area contributed by atoms with Crippen LogP contribution in [-0.4, -0.2) is 41.5 Å². The molecule has 0 aliphatic carbocycles. The predicted molar refractivity (Wildman–Crippen MR) is 75.1 cm³/mol. The van der Waals surface area contributed by atoms with Crippen molar-refractivity contribution in [2.75, 3.05) is 19.6 Å². The highest BCUT2D eigenvalue weighted by Crippen LogP contribution is 2.18. The summed E-state index contributed by atoms with van der Waals surface area (Å²) in [7, 11) is 0. The standard InChI is InChI=1S/C15H17N3O/c1-11-10-18(9-8-16-11)15(19)13-6-7-17-14-5-3-2-4-12(13)14/h2-7,11,16H,8-10H2,1H3. The summed E-state index contributed by atoms with van der Waals surface area (Å²) >= 11 is 0. The number of para-hydroxylation sites is 1. The number of carbonyl (C=O) groups excluding carboxylic acids is 1. The summed E-state index contributed by atoms with van der Waals surface area (Å²) in [6.07, 6.45) is 1.71. The lowest BCUT2D eigenvalue weighted by atomic mass is 10.1. The lowest BCUT2D eigenvalue weighted by molar-refractivity contribution is 0.0711. The van der Waals surface area contributed by atoms with Crippen molar-refractivity contribution >= 4 is 16.8 Å². The molecule has 0 bridgehead atoms. The van der Waals surface area contributed by atoms with Crippen LogP contribution in [0.15, 0.2) is 36.5 Å². The van der Waals surface area contributed by atoms with Gasteiger partial charge in [-0.15, -0.1) is 0 Å². The minimum atomic E-state index is 0.104. The van der Waals surface area contributed by atoms with Crippen molar-refractivity contribution in [3.05, 3.63) is 42.1 Å². The third-order valence-electron chi connectivity index (χ3n) is 3.54. The van der Waals surface area contributed by atoms with Crippen molar-refractivity contribution in [2.24, 2.45) is 0 Å². The van der Waals surface area contributed by atoms with Gasteiger partial charge in [0.2, 0.25) is 0 Å². The molecular weight excluding hydrogens is 238 g/mol. The number of fused-ring (bicyclic) bond motifs is 1. The minimum Gasteiger partial charge on any atom is -0.336 e. The topological polar surface area (TPSA) is 45.2 Å². The number of carbonyl (C=O) groups is 1. The normalized spacial score (nSPS) is 19.6. The Morgan fingerprint density at radius 3 is 3.05 bits per heavy atom. The second-order valence-corrected chi connectivity index (χ2v) is 4.98. The first kappa shape index (κ1) is 12.1. The van der Waals surface area contributed by atoms with E-state index in [4.69, 9.17) is 0 Å². The molecule has 1 atom stereocenters. The molecule has 98 valence electrons. The Labute approximate surface area is 112 Å². The lowest BCUT2D eigenvalue weighted by Gasteiger charge is -2.32. The third kappa shape index (κ3) is 2.31. The SMILES string of the molecule is CC1CN(C(=O)c2ccnc3ccccc23)CCN1. The van der Waals surface area contributed by atoms with Crippen LogP contribution in [0.5, 0.6) is 0 Å². The van der Waals surface area contributed by atoms with Gasteiger partial charge in [-0.2, -0.15) is 0 Å². The second-order valence-electron chi connectivity index (χ2n) is 4.98. The molecule has 4 heteroatoms. The lowest BCUT2D eigenvalue weighted by Crippen LogP contribution is -2.51. The van der Waals surface area contributed by atoms with Gasteiger partial charge >= 0.3 is 0 Å². The van der Waals surface area contributed by atoms with Crippen LogP contribution in [0, 0.1) is 0 Å². The largest absolute Gasteiger partial charge is 0.336 e. The maximum absolute atomic E-state index is 12.6. The number of benzene rings is 1. The van der Waals surface area contributed by atoms with Gasteiger partial charge in [0.25, 0.3) is 5.91 Å². The summed E-state index contributed by atoms with van der Waals surface area (Å²) in [5, 5.41) is 4.28. The molecule has 4 nitrogen and oxygen atoms in total. The van der Waals surface area contributed by atoms with E-state index in [1.165, 1.54) is 0 Å². The van der Waals surface area contributed by atoms with Crippen molar-refractivity contribution in [1.82, 2.24) is 15.2 Å². The molecule has 0 spiro atoms. The highest BCUT2D eigenvalue weighted by molar-refractivity contribution is 6.06. The number of rotatable bonds is 1. The molecule has 1 aromatic heterocycles. The van der Waals surface area contributed by atoms with Gasteiger partial charge in [-0.3, -0.25) is 9.78 Å². The number of aromatic nitrogens is 1. The minimum absolute atomic E-state index is 0.104. The Hall–Kier alpha value is -1.94. The van der Waals surface area contributed by atoms with Crippen LogP contribution in [0.4, 0.5) is 0 Å². The van der Waals surface area contributed by atoms with Crippen molar-refractivity contribution in [1.29, 1.82) is 0 Å². The molecule has 0 saturated carbocycles. The molecule has 0 radical (unpaired) electrons. The van der Waals surface area contributed by atoms with Crippen molar-refractivity contribution in [3.8, 4) is 0 Å². The fourth-order valence-electron chi connectivity index (χ4n) is 2.57. The predicted octanol–water partition coefficient (Wildman–Crippen LogP) is 1.67. The molecule has 1 N–H and O–H groups in total. The van der Waals surface area contributed by atoms with Crippen LogP contribution >= 0.6 is 0 Å². The van der Waals surface area contributed by atoms with E-state index in [0.29, 0.717) is 6.04 Å². The van der Waals surface area contributed by atoms with E-state index in [1.807, 2.05) is 35.2 Å². The van der Waals surface area contributed by atoms with Crippen molar-refractivity contribution in [2.45, 2.75) is 13.0 Å². The van der Waals surface area contributed by atoms with Crippen molar-refractivity contribution in [3.63, 3.8) is 0 Å². The molecule has 1 aromatic carbocycles. The Morgan fingerprint density at radius 1 is 1.37 bits per heavy atom. The molecule has 1 aliphatic rings. The Kier molecular flexibility index (Phi) is 3.17. The summed E-state index contributed by atoms with van der Waals surface area (Å²) < 4.78 is 0. The molecule has 2 aromatic rings. The van der Waals surface area contributed by atoms with E-state index < -0.39 is 0 Å². The Morgan fingerprint density at radius 2 is 2.21 bits per heavy atom. The smallest absolute Gasteiger partial charge is 0.254 e. The molecule has 1 saturated heterocycles. The van der Waals surface area contributed by atoms with Crippen molar-refractivity contribution < 1.29 is 4.79 Å². The Bertz CT molecular complexity index is 606. The summed E-state index contributed by atoms with van der Waals surface area (Å²) in [6, 6.07) is 9.95. The third-order valence-corrected chi connectivity index (χ3v) is 3.54. The van der Waals surface area contributed by atoms with Gasteiger partial charge in [0, 0.05) is 37.3 Å². The van der Waals surface area contributed by atoms with E-state index >= 15 is 0 Å². The number of amides is 1. The van der Waals surface area contributed by atoms with E-state index in [9.17, 15) is 4.79 Å². The molecular formula is C15H17N3O. The molecule has 2 heterocycles. The van der Waals surface area contributed by atoms with E-state index in [-0.39, 0.29) is 5.91 Å². The van der Waals surface area contributed by atoms with Crippen LogP contribution in [0.1, 0.15) is 17.3 Å². The second kappa shape index (κ2) is 4.97. The van der Waals surface area contributed by atoms with Crippen LogP contribution in [0.25, 0.3) is 10.9 Å². The van der Waals surface area contributed by atoms with Gasteiger partial charge in [-0.05, 0) is 19.1 Å². The van der Waals surface area contributed by atoms with Gasteiger partial charge in [-0.1, -0.05) is 18.2 Å². The van der Waals surface area contributed by atoms with Gasteiger partial charge in [-0.25, -0.2) is 0 Å². The number of hydrogen-bond donors (Lipinski definition) is 1. The fourth-order valence-corrected chi connectivity index (χ4v) is 2.57. The molecule has 1 unspecified atom stereocenters. The van der Waals surface area contributed by atoms with Gasteiger partial charge in [0.1, 0.15) is 0 Å². The monoisotopic (exact) mass is 255 g/mol. The quantitative estimate of drug-likeness (QED) is 0.843. The van der Waals surface area contributed by atoms with Gasteiger partial charge in [0.05, 0.1) is 11.1 Å². The zero-order valence-electron chi connectivity index (χ0n) is 11.0. The van der Waals surface area contributed by atoms with E-state index in [2.05, 4.69) is 17.2 Å². The van der Waals surface area contributed by atoms with Crippen LogP contribution in [0.2, 0.25) is 0 Å². The Balaban J connectivity index is 1.97. The first-order valence-electron chi connectivity index (χ1n) is 6.62. The summed E-state index contributed by atoms with van der Waals surface area (Å²) in [5.41, 5.74) is 1.62. The first-order chi connectivity index (χ1) is 9.25. The summed E-state index contributed by atoms with van der Waals surface area (Å²) in [6.45, 7) is 4.48. The number of nitrogens with zero attached hydrogens (tertiary/aromatic N) is 2. The maximum Gasteiger partial charge on any atom is 0.254 e. The zero-order valence-corrected chi connectivity index (χ0v) is 11.0. The zero-order chi connectivity index (χ0) is 13.2. The summed E-state index contributed by atoms with van der Waals surface area (Å²) in [4.78, 5) is 18.9. The van der Waals surface area contributed by atoms with Gasteiger partial charge < -0.3 is 10.2 Å². The number of hydrogen-bond acceptors (Lipinski definition) is 3. The number of pyridine rings is 1. The maximum atomic E-state index is 12.6. The molecule has 1 amide bonds. The van der Waals surface area contributed by atoms with E-state index in [0.717, 1.165) is 36.1 Å². The highest BCUT2D eigenvalue weighted by Gasteiger charge is 2.22.